The van der Waals surface area contributed by atoms with Gasteiger partial charge in [0, 0.05) is 10.6 Å². The molecule has 0 fully saturated rings. The van der Waals surface area contributed by atoms with Crippen LogP contribution in [0.4, 0.5) is 0 Å². The summed E-state index contributed by atoms with van der Waals surface area (Å²) in [5, 5.41) is 3.06. The van der Waals surface area contributed by atoms with Crippen molar-refractivity contribution in [3.63, 3.8) is 0 Å². The van der Waals surface area contributed by atoms with Gasteiger partial charge in [-0.2, -0.15) is 0 Å². The summed E-state index contributed by atoms with van der Waals surface area (Å²) < 4.78 is 4.58. The molecule has 0 bridgehead atoms. The van der Waals surface area contributed by atoms with Gasteiger partial charge in [0.1, 0.15) is 6.04 Å². The van der Waals surface area contributed by atoms with Crippen LogP contribution in [0, 0.1) is 0 Å². The van der Waals surface area contributed by atoms with Gasteiger partial charge in [0.25, 0.3) is 5.91 Å². The van der Waals surface area contributed by atoms with E-state index >= 15 is 0 Å². The van der Waals surface area contributed by atoms with E-state index in [9.17, 15) is 9.59 Å². The quantitative estimate of drug-likeness (QED) is 0.838. The second kappa shape index (κ2) is 6.25. The van der Waals surface area contributed by atoms with Crippen molar-refractivity contribution in [2.75, 3.05) is 7.11 Å². The van der Waals surface area contributed by atoms with Crippen LogP contribution in [-0.4, -0.2) is 25.0 Å². The van der Waals surface area contributed by atoms with Crippen molar-refractivity contribution in [3.8, 4) is 0 Å². The lowest BCUT2D eigenvalue weighted by atomic mass is 10.1. The molecule has 0 aliphatic carbocycles. The van der Waals surface area contributed by atoms with Gasteiger partial charge in [-0.05, 0) is 24.6 Å². The maximum absolute atomic E-state index is 11.8. The number of hydrogen-bond donors (Lipinski definition) is 1. The third kappa shape index (κ3) is 3.75. The molecule has 5 heteroatoms. The van der Waals surface area contributed by atoms with E-state index in [1.54, 1.807) is 31.2 Å². The second-order valence-electron chi connectivity index (χ2n) is 3.47. The lowest BCUT2D eigenvalue weighted by molar-refractivity contribution is -0.142. The van der Waals surface area contributed by atoms with Crippen molar-refractivity contribution in [2.45, 2.75) is 19.4 Å². The van der Waals surface area contributed by atoms with E-state index in [0.29, 0.717) is 17.0 Å². The Balaban J connectivity index is 2.74. The van der Waals surface area contributed by atoms with Gasteiger partial charge in [0.05, 0.1) is 7.11 Å². The summed E-state index contributed by atoms with van der Waals surface area (Å²) in [5.74, 6) is -0.798. The number of carbonyl (C=O) groups is 2. The Labute approximate surface area is 105 Å². The van der Waals surface area contributed by atoms with Crippen LogP contribution in [0.5, 0.6) is 0 Å². The molecule has 1 aromatic rings. The van der Waals surface area contributed by atoms with E-state index in [-0.39, 0.29) is 5.91 Å². The maximum Gasteiger partial charge on any atom is 0.328 e. The Morgan fingerprint density at radius 2 is 2.18 bits per heavy atom. The fourth-order valence-corrected chi connectivity index (χ4v) is 1.53. The van der Waals surface area contributed by atoms with Gasteiger partial charge >= 0.3 is 5.97 Å². The van der Waals surface area contributed by atoms with Crippen LogP contribution in [0.15, 0.2) is 24.3 Å². The van der Waals surface area contributed by atoms with Crippen LogP contribution in [0.1, 0.15) is 23.7 Å². The number of halogens is 1. The minimum atomic E-state index is -0.633. The van der Waals surface area contributed by atoms with Crippen molar-refractivity contribution in [2.24, 2.45) is 0 Å². The average molecular weight is 256 g/mol. The van der Waals surface area contributed by atoms with Crippen molar-refractivity contribution in [3.05, 3.63) is 34.9 Å². The Bertz CT molecular complexity index is 420. The molecule has 17 heavy (non-hydrogen) atoms. The van der Waals surface area contributed by atoms with Gasteiger partial charge in [-0.1, -0.05) is 24.6 Å². The zero-order chi connectivity index (χ0) is 12.8. The molecule has 1 atom stereocenters. The Kier molecular flexibility index (Phi) is 4.97. The molecule has 0 radical (unpaired) electrons. The van der Waals surface area contributed by atoms with Crippen LogP contribution in [0.3, 0.4) is 0 Å². The van der Waals surface area contributed by atoms with E-state index in [4.69, 9.17) is 11.6 Å². The maximum atomic E-state index is 11.8. The second-order valence-corrected chi connectivity index (χ2v) is 3.90. The first kappa shape index (κ1) is 13.5. The van der Waals surface area contributed by atoms with E-state index in [1.807, 2.05) is 0 Å². The SMILES string of the molecule is CCC(NC(=O)c1cccc(Cl)c1)C(=O)OC. The zero-order valence-electron chi connectivity index (χ0n) is 9.70. The lowest BCUT2D eigenvalue weighted by Gasteiger charge is -2.14. The summed E-state index contributed by atoms with van der Waals surface area (Å²) in [7, 11) is 1.29. The summed E-state index contributed by atoms with van der Waals surface area (Å²) in [6.45, 7) is 1.79. The number of ether oxygens (including phenoxy) is 1. The third-order valence-corrected chi connectivity index (χ3v) is 2.52. The highest BCUT2D eigenvalue weighted by atomic mass is 35.5. The number of nitrogens with one attached hydrogen (secondary N) is 1. The smallest absolute Gasteiger partial charge is 0.328 e. The molecule has 0 saturated carbocycles. The minimum absolute atomic E-state index is 0.343. The van der Waals surface area contributed by atoms with Crippen molar-refractivity contribution < 1.29 is 14.3 Å². The molecule has 0 aliphatic heterocycles. The molecule has 1 N–H and O–H groups in total. The monoisotopic (exact) mass is 255 g/mol. The van der Waals surface area contributed by atoms with Gasteiger partial charge in [0.2, 0.25) is 0 Å². The Morgan fingerprint density at radius 1 is 1.47 bits per heavy atom. The molecular weight excluding hydrogens is 242 g/mol. The molecule has 1 amide bonds. The summed E-state index contributed by atoms with van der Waals surface area (Å²) in [6.07, 6.45) is 0.471. The number of amides is 1. The first-order valence-electron chi connectivity index (χ1n) is 5.22. The number of rotatable bonds is 4. The summed E-state index contributed by atoms with van der Waals surface area (Å²) in [6, 6.07) is 5.89. The number of benzene rings is 1. The standard InChI is InChI=1S/C12H14ClNO3/c1-3-10(12(16)17-2)14-11(15)8-5-4-6-9(13)7-8/h4-7,10H,3H2,1-2H3,(H,14,15). The van der Waals surface area contributed by atoms with Crippen LogP contribution in [0.2, 0.25) is 5.02 Å². The highest BCUT2D eigenvalue weighted by molar-refractivity contribution is 6.30. The fraction of sp³-hybridized carbons (Fsp3) is 0.333. The van der Waals surface area contributed by atoms with E-state index in [0.717, 1.165) is 0 Å². The molecule has 4 nitrogen and oxygen atoms in total. The predicted octanol–water partition coefficient (Wildman–Crippen LogP) is 2.02. The summed E-state index contributed by atoms with van der Waals surface area (Å²) in [4.78, 5) is 23.1. The number of methoxy groups -OCH3 is 1. The number of hydrogen-bond acceptors (Lipinski definition) is 3. The van der Waals surface area contributed by atoms with Crippen LogP contribution in [0.25, 0.3) is 0 Å². The highest BCUT2D eigenvalue weighted by Crippen LogP contribution is 2.10. The van der Waals surface area contributed by atoms with Gasteiger partial charge in [-0.15, -0.1) is 0 Å². The lowest BCUT2D eigenvalue weighted by Crippen LogP contribution is -2.41. The molecule has 0 aromatic heterocycles. The molecular formula is C12H14ClNO3. The average Bonchev–Trinajstić information content (AvgIpc) is 2.34. The van der Waals surface area contributed by atoms with Gasteiger partial charge < -0.3 is 10.1 Å². The van der Waals surface area contributed by atoms with E-state index in [1.165, 1.54) is 7.11 Å². The molecule has 0 spiro atoms. The third-order valence-electron chi connectivity index (χ3n) is 2.29. The topological polar surface area (TPSA) is 55.4 Å². The Morgan fingerprint density at radius 3 is 2.71 bits per heavy atom. The molecule has 0 heterocycles. The van der Waals surface area contributed by atoms with E-state index in [2.05, 4.69) is 10.1 Å². The van der Waals surface area contributed by atoms with Gasteiger partial charge in [-0.3, -0.25) is 4.79 Å². The van der Waals surface area contributed by atoms with Crippen LogP contribution >= 0.6 is 11.6 Å². The fourth-order valence-electron chi connectivity index (χ4n) is 1.34. The number of carbonyl (C=O) groups excluding carboxylic acids is 2. The molecule has 1 rings (SSSR count). The first-order chi connectivity index (χ1) is 8.08. The first-order valence-corrected chi connectivity index (χ1v) is 5.60. The number of esters is 1. The van der Waals surface area contributed by atoms with Crippen molar-refractivity contribution in [1.29, 1.82) is 0 Å². The van der Waals surface area contributed by atoms with Gasteiger partial charge in [-0.25, -0.2) is 4.79 Å². The van der Waals surface area contributed by atoms with Crippen LogP contribution in [-0.2, 0) is 9.53 Å². The van der Waals surface area contributed by atoms with Crippen molar-refractivity contribution in [1.82, 2.24) is 5.32 Å². The largest absolute Gasteiger partial charge is 0.467 e. The van der Waals surface area contributed by atoms with Crippen molar-refractivity contribution >= 4 is 23.5 Å². The summed E-state index contributed by atoms with van der Waals surface area (Å²) >= 11 is 5.78. The molecule has 1 unspecified atom stereocenters. The van der Waals surface area contributed by atoms with E-state index < -0.39 is 12.0 Å². The molecule has 1 aromatic carbocycles. The Hall–Kier alpha value is -1.55. The zero-order valence-corrected chi connectivity index (χ0v) is 10.5. The molecule has 0 saturated heterocycles. The molecule has 0 aliphatic rings. The predicted molar refractivity (Wildman–Crippen MR) is 65.0 cm³/mol. The normalized spacial score (nSPS) is 11.7. The van der Waals surface area contributed by atoms with Gasteiger partial charge in [0.15, 0.2) is 0 Å². The molecule has 92 valence electrons. The highest BCUT2D eigenvalue weighted by Gasteiger charge is 2.19. The summed E-state index contributed by atoms with van der Waals surface area (Å²) in [5.41, 5.74) is 0.417. The van der Waals surface area contributed by atoms with Crippen LogP contribution < -0.4 is 5.32 Å². The minimum Gasteiger partial charge on any atom is -0.467 e.